The first-order chi connectivity index (χ1) is 8.79. The molecule has 19 heavy (non-hydrogen) atoms. The normalized spacial score (nSPS) is 11.4. The van der Waals surface area contributed by atoms with Crippen molar-refractivity contribution in [3.63, 3.8) is 0 Å². The van der Waals surface area contributed by atoms with Crippen LogP contribution >= 0.6 is 0 Å². The van der Waals surface area contributed by atoms with Crippen LogP contribution in [-0.2, 0) is 4.79 Å². The van der Waals surface area contributed by atoms with Crippen molar-refractivity contribution >= 4 is 11.7 Å². The number of carbonyl (C=O) groups is 1. The third-order valence-corrected chi connectivity index (χ3v) is 3.05. The Morgan fingerprint density at radius 1 is 1.26 bits per heavy atom. The van der Waals surface area contributed by atoms with Crippen LogP contribution in [0.3, 0.4) is 0 Å². The van der Waals surface area contributed by atoms with Gasteiger partial charge in [0.05, 0.1) is 12.0 Å². The van der Waals surface area contributed by atoms with Crippen molar-refractivity contribution in [2.24, 2.45) is 0 Å². The molecule has 0 aliphatic heterocycles. The smallest absolute Gasteiger partial charge is 0.305 e. The Labute approximate surface area is 114 Å². The second kappa shape index (κ2) is 6.57. The zero-order chi connectivity index (χ0) is 14.5. The molecule has 1 rings (SSSR count). The molecule has 4 nitrogen and oxygen atoms in total. The molecule has 1 aromatic rings. The third-order valence-electron chi connectivity index (χ3n) is 3.05. The maximum atomic E-state index is 10.7. The number of carboxylic acids is 1. The molecule has 2 N–H and O–H groups in total. The fourth-order valence-corrected chi connectivity index (χ4v) is 1.91. The predicted octanol–water partition coefficient (Wildman–Crippen LogP) is 2.44. The van der Waals surface area contributed by atoms with E-state index in [-0.39, 0.29) is 6.42 Å². The van der Waals surface area contributed by atoms with Crippen LogP contribution < -0.4 is 4.90 Å². The van der Waals surface area contributed by atoms with Gasteiger partial charge in [0.1, 0.15) is 0 Å². The highest BCUT2D eigenvalue weighted by atomic mass is 16.4. The lowest BCUT2D eigenvalue weighted by Crippen LogP contribution is -2.33. The Kier molecular flexibility index (Phi) is 5.36. The topological polar surface area (TPSA) is 60.8 Å². The molecule has 0 aliphatic carbocycles. The summed E-state index contributed by atoms with van der Waals surface area (Å²) in [4.78, 5) is 12.8. The lowest BCUT2D eigenvalue weighted by Gasteiger charge is -2.29. The largest absolute Gasteiger partial charge is 0.481 e. The van der Waals surface area contributed by atoms with Gasteiger partial charge < -0.3 is 15.1 Å². The fourth-order valence-electron chi connectivity index (χ4n) is 1.91. The first kappa shape index (κ1) is 15.5. The molecule has 0 amide bonds. The Balaban J connectivity index is 2.80. The summed E-state index contributed by atoms with van der Waals surface area (Å²) in [5.41, 5.74) is 1.40. The van der Waals surface area contributed by atoms with E-state index in [1.54, 1.807) is 13.8 Å². The molecule has 0 atom stereocenters. The minimum Gasteiger partial charge on any atom is -0.481 e. The highest BCUT2D eigenvalue weighted by Crippen LogP contribution is 2.21. The fraction of sp³-hybridized carbons (Fsp3) is 0.533. The lowest BCUT2D eigenvalue weighted by atomic mass is 10.0. The number of nitrogens with zero attached hydrogens (tertiary/aromatic N) is 1. The van der Waals surface area contributed by atoms with Gasteiger partial charge in [-0.3, -0.25) is 4.79 Å². The van der Waals surface area contributed by atoms with E-state index in [2.05, 4.69) is 0 Å². The number of carboxylic acid groups (broad SMARTS) is 1. The zero-order valence-corrected chi connectivity index (χ0v) is 11.9. The van der Waals surface area contributed by atoms with Gasteiger partial charge in [-0.2, -0.15) is 0 Å². The van der Waals surface area contributed by atoms with Gasteiger partial charge in [-0.1, -0.05) is 18.2 Å². The van der Waals surface area contributed by atoms with Crippen LogP contribution in [0.2, 0.25) is 0 Å². The summed E-state index contributed by atoms with van der Waals surface area (Å²) in [5, 5.41) is 18.6. The highest BCUT2D eigenvalue weighted by molar-refractivity contribution is 5.68. The number of para-hydroxylation sites is 1. The van der Waals surface area contributed by atoms with Gasteiger partial charge in [-0.25, -0.2) is 0 Å². The summed E-state index contributed by atoms with van der Waals surface area (Å²) in [5.74, 6) is -0.804. The van der Waals surface area contributed by atoms with Crippen LogP contribution in [-0.4, -0.2) is 34.9 Å². The van der Waals surface area contributed by atoms with E-state index < -0.39 is 11.6 Å². The highest BCUT2D eigenvalue weighted by Gasteiger charge is 2.17. The van der Waals surface area contributed by atoms with E-state index in [4.69, 9.17) is 5.11 Å². The van der Waals surface area contributed by atoms with E-state index in [0.29, 0.717) is 19.5 Å². The number of benzene rings is 1. The van der Waals surface area contributed by atoms with Crippen LogP contribution in [0.5, 0.6) is 0 Å². The van der Waals surface area contributed by atoms with Gasteiger partial charge in [0.15, 0.2) is 0 Å². The van der Waals surface area contributed by atoms with Gasteiger partial charge in [-0.15, -0.1) is 0 Å². The third kappa shape index (κ3) is 5.75. The average molecular weight is 265 g/mol. The molecule has 0 saturated heterocycles. The van der Waals surface area contributed by atoms with Gasteiger partial charge >= 0.3 is 5.97 Å². The van der Waals surface area contributed by atoms with Crippen LogP contribution in [0.1, 0.15) is 32.3 Å². The number of aryl methyl sites for hydroxylation is 1. The van der Waals surface area contributed by atoms with Crippen LogP contribution in [0.15, 0.2) is 24.3 Å². The van der Waals surface area contributed by atoms with Crippen molar-refractivity contribution in [3.8, 4) is 0 Å². The zero-order valence-electron chi connectivity index (χ0n) is 11.9. The first-order valence-electron chi connectivity index (χ1n) is 6.54. The molecule has 0 spiro atoms. The number of hydrogen-bond acceptors (Lipinski definition) is 3. The monoisotopic (exact) mass is 265 g/mol. The SMILES string of the molecule is Cc1ccccc1N(CCC(=O)O)CCC(C)(C)O. The molecule has 106 valence electrons. The summed E-state index contributed by atoms with van der Waals surface area (Å²) in [7, 11) is 0. The second-order valence-corrected chi connectivity index (χ2v) is 5.48. The van der Waals surface area contributed by atoms with Crippen molar-refractivity contribution in [3.05, 3.63) is 29.8 Å². The van der Waals surface area contributed by atoms with E-state index in [9.17, 15) is 9.90 Å². The van der Waals surface area contributed by atoms with Crippen LogP contribution in [0.25, 0.3) is 0 Å². The summed E-state index contributed by atoms with van der Waals surface area (Å²) >= 11 is 0. The molecular formula is C15H23NO3. The van der Waals surface area contributed by atoms with E-state index in [1.165, 1.54) is 0 Å². The quantitative estimate of drug-likeness (QED) is 0.795. The number of rotatable bonds is 7. The minimum absolute atomic E-state index is 0.0974. The van der Waals surface area contributed by atoms with Crippen molar-refractivity contribution in [2.45, 2.75) is 39.2 Å². The summed E-state index contributed by atoms with van der Waals surface area (Å²) in [6.07, 6.45) is 0.696. The maximum absolute atomic E-state index is 10.7. The standard InChI is InChI=1S/C15H23NO3/c1-12-6-4-5-7-13(12)16(10-8-14(17)18)11-9-15(2,3)19/h4-7,19H,8-11H2,1-3H3,(H,17,18). The van der Waals surface area contributed by atoms with Gasteiger partial charge in [0.25, 0.3) is 0 Å². The Hall–Kier alpha value is -1.55. The molecule has 0 fully saturated rings. The molecule has 0 radical (unpaired) electrons. The summed E-state index contributed by atoms with van der Waals surface area (Å²) < 4.78 is 0. The van der Waals surface area contributed by atoms with E-state index >= 15 is 0 Å². The summed E-state index contributed by atoms with van der Waals surface area (Å²) in [6, 6.07) is 7.90. The second-order valence-electron chi connectivity index (χ2n) is 5.48. The lowest BCUT2D eigenvalue weighted by molar-refractivity contribution is -0.136. The van der Waals surface area contributed by atoms with Crippen molar-refractivity contribution < 1.29 is 15.0 Å². The van der Waals surface area contributed by atoms with Crippen LogP contribution in [0.4, 0.5) is 5.69 Å². The number of aliphatic carboxylic acids is 1. The molecule has 0 saturated carbocycles. The van der Waals surface area contributed by atoms with E-state index in [0.717, 1.165) is 11.3 Å². The Morgan fingerprint density at radius 2 is 1.89 bits per heavy atom. The van der Waals surface area contributed by atoms with Crippen LogP contribution in [0, 0.1) is 6.92 Å². The molecule has 0 bridgehead atoms. The molecule has 0 unspecified atom stereocenters. The van der Waals surface area contributed by atoms with Crippen molar-refractivity contribution in [1.82, 2.24) is 0 Å². The number of anilines is 1. The first-order valence-corrected chi connectivity index (χ1v) is 6.54. The Morgan fingerprint density at radius 3 is 2.42 bits per heavy atom. The van der Waals surface area contributed by atoms with Gasteiger partial charge in [0, 0.05) is 18.8 Å². The molecule has 4 heteroatoms. The van der Waals surface area contributed by atoms with Gasteiger partial charge in [0.2, 0.25) is 0 Å². The number of hydrogen-bond donors (Lipinski definition) is 2. The van der Waals surface area contributed by atoms with Crippen molar-refractivity contribution in [2.75, 3.05) is 18.0 Å². The molecule has 0 heterocycles. The molecular weight excluding hydrogens is 242 g/mol. The summed E-state index contributed by atoms with van der Waals surface area (Å²) in [6.45, 7) is 6.63. The minimum atomic E-state index is -0.804. The molecule has 1 aromatic carbocycles. The average Bonchev–Trinajstić information content (AvgIpc) is 2.29. The predicted molar refractivity (Wildman–Crippen MR) is 76.6 cm³/mol. The van der Waals surface area contributed by atoms with Crippen molar-refractivity contribution in [1.29, 1.82) is 0 Å². The molecule has 0 aliphatic rings. The van der Waals surface area contributed by atoms with E-state index in [1.807, 2.05) is 36.1 Å². The molecule has 0 aromatic heterocycles. The van der Waals surface area contributed by atoms with Gasteiger partial charge in [-0.05, 0) is 38.8 Å². The maximum Gasteiger partial charge on any atom is 0.305 e. The number of aliphatic hydroxyl groups is 1. The Bertz CT molecular complexity index is 424.